The molecule has 0 bridgehead atoms. The molecule has 18 heavy (non-hydrogen) atoms. The molecule has 92 valence electrons. The molecule has 0 unspecified atom stereocenters. The second-order valence-corrected chi connectivity index (χ2v) is 4.70. The molecule has 1 aromatic carbocycles. The third kappa shape index (κ3) is 3.56. The summed E-state index contributed by atoms with van der Waals surface area (Å²) < 4.78 is 12.9. The third-order valence-electron chi connectivity index (χ3n) is 2.09. The minimum atomic E-state index is -0.491. The van der Waals surface area contributed by atoms with Gasteiger partial charge in [-0.3, -0.25) is 4.79 Å². The molecule has 0 aliphatic rings. The maximum absolute atomic E-state index is 12.9. The molecule has 0 atom stereocenters. The predicted molar refractivity (Wildman–Crippen MR) is 69.1 cm³/mol. The van der Waals surface area contributed by atoms with Gasteiger partial charge in [-0.05, 0) is 36.4 Å². The lowest BCUT2D eigenvalue weighted by molar-refractivity contribution is -0.114. The Hall–Kier alpha value is -1.88. The van der Waals surface area contributed by atoms with Crippen molar-refractivity contribution in [3.63, 3.8) is 0 Å². The number of nitrogens with one attached hydrogen (secondary N) is 1. The lowest BCUT2D eigenvalue weighted by atomic mass is 10.3. The van der Waals surface area contributed by atoms with Crippen molar-refractivity contribution in [1.29, 1.82) is 0 Å². The molecule has 5 heteroatoms. The van der Waals surface area contributed by atoms with E-state index in [-0.39, 0.29) is 5.91 Å². The van der Waals surface area contributed by atoms with Gasteiger partial charge in [0, 0.05) is 17.5 Å². The molecular weight excluding hydrogens is 251 g/mol. The first-order valence-electron chi connectivity index (χ1n) is 5.31. The van der Waals surface area contributed by atoms with Crippen molar-refractivity contribution >= 4 is 23.4 Å². The van der Waals surface area contributed by atoms with Crippen molar-refractivity contribution in [2.24, 2.45) is 0 Å². The number of anilines is 1. The third-order valence-corrected chi connectivity index (χ3v) is 3.03. The highest BCUT2D eigenvalue weighted by atomic mass is 32.2. The quantitative estimate of drug-likeness (QED) is 0.863. The molecule has 2 rings (SSSR count). The first kappa shape index (κ1) is 12.6. The molecule has 0 radical (unpaired) electrons. The number of hydrogen-bond acceptors (Lipinski definition) is 3. The number of halogens is 1. The summed E-state index contributed by atoms with van der Waals surface area (Å²) in [4.78, 5) is 15.6. The second kappa shape index (κ2) is 5.64. The highest BCUT2D eigenvalue weighted by molar-refractivity contribution is 7.99. The number of pyridine rings is 1. The van der Waals surface area contributed by atoms with Crippen LogP contribution in [0.25, 0.3) is 0 Å². The zero-order valence-corrected chi connectivity index (χ0v) is 10.5. The van der Waals surface area contributed by atoms with Gasteiger partial charge in [-0.25, -0.2) is 4.98 Å². The Labute approximate surface area is 108 Å². The highest BCUT2D eigenvalue weighted by Gasteiger charge is 2.01. The van der Waals surface area contributed by atoms with E-state index in [2.05, 4.69) is 10.3 Å². The largest absolute Gasteiger partial charge is 0.326 e. The van der Waals surface area contributed by atoms with E-state index in [0.717, 1.165) is 10.6 Å². The number of carbonyl (C=O) groups excluding carboxylic acids is 1. The summed E-state index contributed by atoms with van der Waals surface area (Å²) in [6, 6.07) is 12.0. The number of aromatic nitrogens is 1. The summed E-state index contributed by atoms with van der Waals surface area (Å²) in [6.07, 6.45) is 0. The summed E-state index contributed by atoms with van der Waals surface area (Å²) in [5.41, 5.74) is 0.735. The molecule has 1 amide bonds. The van der Waals surface area contributed by atoms with Gasteiger partial charge in [0.1, 0.15) is 5.03 Å². The van der Waals surface area contributed by atoms with E-state index in [1.54, 1.807) is 24.3 Å². The van der Waals surface area contributed by atoms with E-state index >= 15 is 0 Å². The molecule has 3 nitrogen and oxygen atoms in total. The monoisotopic (exact) mass is 262 g/mol. The Kier molecular flexibility index (Phi) is 3.94. The van der Waals surface area contributed by atoms with Crippen LogP contribution in [0.3, 0.4) is 0 Å². The Morgan fingerprint density at radius 1 is 1.22 bits per heavy atom. The number of carbonyl (C=O) groups is 1. The zero-order valence-electron chi connectivity index (χ0n) is 9.68. The molecule has 0 saturated carbocycles. The molecular formula is C13H11FN2OS. The van der Waals surface area contributed by atoms with E-state index in [1.807, 2.05) is 12.1 Å². The summed E-state index contributed by atoms with van der Waals surface area (Å²) in [6.45, 7) is 1.46. The predicted octanol–water partition coefficient (Wildman–Crippen LogP) is 3.33. The standard InChI is InChI=1S/C13H11FN2OS/c1-9(17)15-10-5-7-11(8-6-10)18-13-4-2-3-12(14)16-13/h2-8H,1H3,(H,15,17). The normalized spacial score (nSPS) is 10.1. The van der Waals surface area contributed by atoms with Gasteiger partial charge in [0.25, 0.3) is 0 Å². The van der Waals surface area contributed by atoms with Gasteiger partial charge < -0.3 is 5.32 Å². The van der Waals surface area contributed by atoms with E-state index < -0.39 is 5.95 Å². The van der Waals surface area contributed by atoms with Crippen LogP contribution in [-0.2, 0) is 4.79 Å². The second-order valence-electron chi connectivity index (χ2n) is 3.61. The van der Waals surface area contributed by atoms with Gasteiger partial charge in [-0.15, -0.1) is 0 Å². The minimum Gasteiger partial charge on any atom is -0.326 e. The zero-order chi connectivity index (χ0) is 13.0. The molecule has 1 N–H and O–H groups in total. The summed E-state index contributed by atoms with van der Waals surface area (Å²) in [5, 5.41) is 3.28. The summed E-state index contributed by atoms with van der Waals surface area (Å²) in [5.74, 6) is -0.600. The van der Waals surface area contributed by atoms with Crippen LogP contribution in [-0.4, -0.2) is 10.9 Å². The molecule has 1 aromatic heterocycles. The molecule has 0 aliphatic carbocycles. The van der Waals surface area contributed by atoms with Crippen LogP contribution in [0.1, 0.15) is 6.92 Å². The van der Waals surface area contributed by atoms with Gasteiger partial charge in [-0.1, -0.05) is 17.8 Å². The van der Waals surface area contributed by atoms with Crippen molar-refractivity contribution in [3.05, 3.63) is 48.4 Å². The topological polar surface area (TPSA) is 42.0 Å². The van der Waals surface area contributed by atoms with Crippen molar-refractivity contribution in [2.75, 3.05) is 5.32 Å². The number of nitrogens with zero attached hydrogens (tertiary/aromatic N) is 1. The van der Waals surface area contributed by atoms with Crippen molar-refractivity contribution in [1.82, 2.24) is 4.98 Å². The van der Waals surface area contributed by atoms with Gasteiger partial charge in [0.2, 0.25) is 11.9 Å². The smallest absolute Gasteiger partial charge is 0.221 e. The highest BCUT2D eigenvalue weighted by Crippen LogP contribution is 2.26. The number of benzene rings is 1. The van der Waals surface area contributed by atoms with Gasteiger partial charge >= 0.3 is 0 Å². The summed E-state index contributed by atoms with van der Waals surface area (Å²) >= 11 is 1.37. The van der Waals surface area contributed by atoms with E-state index in [4.69, 9.17) is 0 Å². The summed E-state index contributed by atoms with van der Waals surface area (Å²) in [7, 11) is 0. The van der Waals surface area contributed by atoms with Crippen LogP contribution >= 0.6 is 11.8 Å². The lowest BCUT2D eigenvalue weighted by Crippen LogP contribution is -2.05. The fraction of sp³-hybridized carbons (Fsp3) is 0.0769. The fourth-order valence-electron chi connectivity index (χ4n) is 1.38. The Morgan fingerprint density at radius 2 is 1.94 bits per heavy atom. The number of rotatable bonds is 3. The maximum Gasteiger partial charge on any atom is 0.221 e. The molecule has 2 aromatic rings. The van der Waals surface area contributed by atoms with Crippen LogP contribution in [0.15, 0.2) is 52.4 Å². The van der Waals surface area contributed by atoms with Crippen LogP contribution < -0.4 is 5.32 Å². The van der Waals surface area contributed by atoms with Gasteiger partial charge in [-0.2, -0.15) is 4.39 Å². The van der Waals surface area contributed by atoms with Gasteiger partial charge in [0.15, 0.2) is 0 Å². The molecule has 0 aliphatic heterocycles. The molecule has 1 heterocycles. The van der Waals surface area contributed by atoms with Crippen LogP contribution in [0.4, 0.5) is 10.1 Å². The van der Waals surface area contributed by atoms with E-state index in [0.29, 0.717) is 5.03 Å². The number of hydrogen-bond donors (Lipinski definition) is 1. The van der Waals surface area contributed by atoms with Crippen LogP contribution in [0.5, 0.6) is 0 Å². The Balaban J connectivity index is 2.08. The van der Waals surface area contributed by atoms with Crippen molar-refractivity contribution in [2.45, 2.75) is 16.8 Å². The number of amides is 1. The lowest BCUT2D eigenvalue weighted by Gasteiger charge is -2.04. The van der Waals surface area contributed by atoms with Crippen LogP contribution in [0.2, 0.25) is 0 Å². The molecule has 0 spiro atoms. The van der Waals surface area contributed by atoms with Crippen molar-refractivity contribution < 1.29 is 9.18 Å². The van der Waals surface area contributed by atoms with E-state index in [1.165, 1.54) is 24.8 Å². The first-order valence-corrected chi connectivity index (χ1v) is 6.13. The fourth-order valence-corrected chi connectivity index (χ4v) is 2.17. The Bertz CT molecular complexity index is 557. The average molecular weight is 262 g/mol. The first-order chi connectivity index (χ1) is 8.63. The minimum absolute atomic E-state index is 0.109. The average Bonchev–Trinajstić information content (AvgIpc) is 2.31. The SMILES string of the molecule is CC(=O)Nc1ccc(Sc2cccc(F)n2)cc1. The van der Waals surface area contributed by atoms with Crippen molar-refractivity contribution in [3.8, 4) is 0 Å². The molecule has 0 fully saturated rings. The maximum atomic E-state index is 12.9. The van der Waals surface area contributed by atoms with Crippen LogP contribution in [0, 0.1) is 5.95 Å². The van der Waals surface area contributed by atoms with E-state index in [9.17, 15) is 9.18 Å². The molecule has 0 saturated heterocycles. The van der Waals surface area contributed by atoms with Gasteiger partial charge in [0.05, 0.1) is 0 Å². The Morgan fingerprint density at radius 3 is 2.56 bits per heavy atom.